The Morgan fingerprint density at radius 3 is 2.41 bits per heavy atom. The quantitative estimate of drug-likeness (QED) is 0.583. The predicted molar refractivity (Wildman–Crippen MR) is 73.8 cm³/mol. The lowest BCUT2D eigenvalue weighted by Crippen LogP contribution is -2.05. The van der Waals surface area contributed by atoms with Crippen molar-refractivity contribution in [2.24, 2.45) is 0 Å². The molecular weight excluding hydrogens is 280 g/mol. The second-order valence-corrected chi connectivity index (χ2v) is 4.72. The highest BCUT2D eigenvalue weighted by Crippen LogP contribution is 2.24. The van der Waals surface area contributed by atoms with E-state index in [9.17, 15) is 4.79 Å². The third-order valence-corrected chi connectivity index (χ3v) is 3.30. The molecule has 1 unspecified atom stereocenters. The fourth-order valence-electron chi connectivity index (χ4n) is 1.84. The third kappa shape index (κ3) is 4.15. The molecule has 0 N–H and O–H groups in total. The summed E-state index contributed by atoms with van der Waals surface area (Å²) in [4.78, 5) is 11.5. The molecule has 0 amide bonds. The number of hydrogen-bond acceptors (Lipinski definition) is 2. The van der Waals surface area contributed by atoms with E-state index in [1.54, 1.807) is 0 Å². The molecule has 0 spiro atoms. The maximum atomic E-state index is 11.5. The molecule has 0 aliphatic carbocycles. The molecule has 0 saturated carbocycles. The molecule has 1 aromatic carbocycles. The fourth-order valence-corrected chi connectivity index (χ4v) is 2.40. The molecule has 17 heavy (non-hydrogen) atoms. The Bertz CT molecular complexity index is 346. The lowest BCUT2D eigenvalue weighted by molar-refractivity contribution is 0.0526. The van der Waals surface area contributed by atoms with E-state index in [2.05, 4.69) is 22.9 Å². The molecule has 2 nitrogen and oxygen atoms in total. The minimum Gasteiger partial charge on any atom is -0.462 e. The van der Waals surface area contributed by atoms with Gasteiger partial charge in [0, 0.05) is 5.33 Å². The van der Waals surface area contributed by atoms with Crippen molar-refractivity contribution in [1.29, 1.82) is 0 Å². The number of ether oxygens (including phenoxy) is 1. The number of hydrogen-bond donors (Lipinski definition) is 0. The van der Waals surface area contributed by atoms with E-state index in [0.717, 1.165) is 18.2 Å². The summed E-state index contributed by atoms with van der Waals surface area (Å²) in [7, 11) is 0. The van der Waals surface area contributed by atoms with E-state index in [1.165, 1.54) is 5.56 Å². The van der Waals surface area contributed by atoms with Gasteiger partial charge in [0.25, 0.3) is 0 Å². The topological polar surface area (TPSA) is 26.3 Å². The summed E-state index contributed by atoms with van der Waals surface area (Å²) < 4.78 is 4.96. The van der Waals surface area contributed by atoms with Crippen LogP contribution in [0.3, 0.4) is 0 Å². The van der Waals surface area contributed by atoms with Gasteiger partial charge in [0.2, 0.25) is 0 Å². The van der Waals surface area contributed by atoms with Crippen LogP contribution in [-0.2, 0) is 4.74 Å². The molecule has 0 radical (unpaired) electrons. The van der Waals surface area contributed by atoms with E-state index >= 15 is 0 Å². The van der Waals surface area contributed by atoms with Crippen molar-refractivity contribution in [3.8, 4) is 0 Å². The number of alkyl halides is 1. The molecule has 0 heterocycles. The highest BCUT2D eigenvalue weighted by molar-refractivity contribution is 9.09. The summed E-state index contributed by atoms with van der Waals surface area (Å²) in [6, 6.07) is 7.76. The Morgan fingerprint density at radius 2 is 1.94 bits per heavy atom. The molecule has 3 heteroatoms. The second-order valence-electron chi connectivity index (χ2n) is 3.93. The first-order valence-corrected chi connectivity index (χ1v) is 7.18. The average Bonchev–Trinajstić information content (AvgIpc) is 2.36. The molecule has 1 rings (SSSR count). The van der Waals surface area contributed by atoms with Gasteiger partial charge < -0.3 is 4.74 Å². The minimum absolute atomic E-state index is 0.243. The van der Waals surface area contributed by atoms with Crippen molar-refractivity contribution in [2.45, 2.75) is 32.6 Å². The Balaban J connectivity index is 2.76. The van der Waals surface area contributed by atoms with Crippen LogP contribution < -0.4 is 0 Å². The van der Waals surface area contributed by atoms with E-state index in [-0.39, 0.29) is 5.97 Å². The van der Waals surface area contributed by atoms with Gasteiger partial charge in [-0.1, -0.05) is 35.0 Å². The van der Waals surface area contributed by atoms with Gasteiger partial charge in [-0.05, 0) is 43.4 Å². The zero-order chi connectivity index (χ0) is 12.7. The van der Waals surface area contributed by atoms with Crippen molar-refractivity contribution in [3.63, 3.8) is 0 Å². The number of halogens is 1. The first-order valence-electron chi connectivity index (χ1n) is 6.05. The van der Waals surface area contributed by atoms with E-state index < -0.39 is 0 Å². The van der Waals surface area contributed by atoms with E-state index in [1.807, 2.05) is 31.2 Å². The smallest absolute Gasteiger partial charge is 0.338 e. The molecule has 1 atom stereocenters. The van der Waals surface area contributed by atoms with Crippen LogP contribution in [0.2, 0.25) is 0 Å². The zero-order valence-electron chi connectivity index (χ0n) is 10.4. The van der Waals surface area contributed by atoms with Crippen molar-refractivity contribution < 1.29 is 9.53 Å². The number of carbonyl (C=O) groups is 1. The summed E-state index contributed by atoms with van der Waals surface area (Å²) in [6.07, 6.45) is 2.24. The van der Waals surface area contributed by atoms with E-state index in [0.29, 0.717) is 18.1 Å². The van der Waals surface area contributed by atoms with Crippen LogP contribution in [0, 0.1) is 0 Å². The van der Waals surface area contributed by atoms with Gasteiger partial charge in [0.15, 0.2) is 0 Å². The van der Waals surface area contributed by atoms with Gasteiger partial charge >= 0.3 is 5.97 Å². The average molecular weight is 299 g/mol. The summed E-state index contributed by atoms with van der Waals surface area (Å²) in [6.45, 7) is 4.42. The molecule has 0 aromatic heterocycles. The first kappa shape index (κ1) is 14.2. The molecule has 0 aliphatic rings. The van der Waals surface area contributed by atoms with Crippen molar-refractivity contribution in [3.05, 3.63) is 35.4 Å². The van der Waals surface area contributed by atoms with Gasteiger partial charge in [-0.3, -0.25) is 0 Å². The van der Waals surface area contributed by atoms with E-state index in [4.69, 9.17) is 4.74 Å². The Labute approximate surface area is 111 Å². The third-order valence-electron chi connectivity index (χ3n) is 2.84. The number of benzene rings is 1. The summed E-state index contributed by atoms with van der Waals surface area (Å²) in [5, 5.41) is 1.01. The van der Waals surface area contributed by atoms with Gasteiger partial charge in [-0.25, -0.2) is 4.79 Å². The standard InChI is InChI=1S/C14H19BrO2/c1-3-11(9-10-15)12-5-7-13(8-6-12)14(16)17-4-2/h5-8,11H,3-4,9-10H2,1-2H3. The van der Waals surface area contributed by atoms with Crippen molar-refractivity contribution in [2.75, 3.05) is 11.9 Å². The van der Waals surface area contributed by atoms with Crippen LogP contribution in [0.5, 0.6) is 0 Å². The highest BCUT2D eigenvalue weighted by Gasteiger charge is 2.10. The minimum atomic E-state index is -0.243. The SMILES string of the molecule is CCOC(=O)c1ccc(C(CC)CCBr)cc1. The van der Waals surface area contributed by atoms with Crippen LogP contribution in [0.4, 0.5) is 0 Å². The lowest BCUT2D eigenvalue weighted by atomic mass is 9.93. The highest BCUT2D eigenvalue weighted by atomic mass is 79.9. The number of esters is 1. The maximum Gasteiger partial charge on any atom is 0.338 e. The molecular formula is C14H19BrO2. The predicted octanol–water partition coefficient (Wildman–Crippen LogP) is 4.14. The van der Waals surface area contributed by atoms with Crippen molar-refractivity contribution in [1.82, 2.24) is 0 Å². The second kappa shape index (κ2) is 7.49. The molecule has 0 fully saturated rings. The largest absolute Gasteiger partial charge is 0.462 e. The van der Waals surface area contributed by atoms with Gasteiger partial charge in [0.05, 0.1) is 12.2 Å². The number of carbonyl (C=O) groups excluding carboxylic acids is 1. The van der Waals surface area contributed by atoms with Gasteiger partial charge in [0.1, 0.15) is 0 Å². The van der Waals surface area contributed by atoms with Crippen LogP contribution in [0.1, 0.15) is 48.5 Å². The lowest BCUT2D eigenvalue weighted by Gasteiger charge is -2.14. The van der Waals surface area contributed by atoms with Crippen LogP contribution in [0.25, 0.3) is 0 Å². The summed E-state index contributed by atoms with van der Waals surface area (Å²) in [5.74, 6) is 0.318. The Kier molecular flexibility index (Phi) is 6.27. The summed E-state index contributed by atoms with van der Waals surface area (Å²) in [5.41, 5.74) is 1.92. The van der Waals surface area contributed by atoms with Gasteiger partial charge in [-0.15, -0.1) is 0 Å². The monoisotopic (exact) mass is 298 g/mol. The van der Waals surface area contributed by atoms with Crippen LogP contribution in [0.15, 0.2) is 24.3 Å². The van der Waals surface area contributed by atoms with Crippen LogP contribution in [-0.4, -0.2) is 17.9 Å². The molecule has 0 aliphatic heterocycles. The van der Waals surface area contributed by atoms with Crippen molar-refractivity contribution >= 4 is 21.9 Å². The Morgan fingerprint density at radius 1 is 1.29 bits per heavy atom. The maximum absolute atomic E-state index is 11.5. The molecule has 0 bridgehead atoms. The summed E-state index contributed by atoms with van der Waals surface area (Å²) >= 11 is 3.47. The zero-order valence-corrected chi connectivity index (χ0v) is 12.0. The fraction of sp³-hybridized carbons (Fsp3) is 0.500. The normalized spacial score (nSPS) is 12.2. The molecule has 94 valence electrons. The number of rotatable bonds is 6. The molecule has 1 aromatic rings. The van der Waals surface area contributed by atoms with Crippen LogP contribution >= 0.6 is 15.9 Å². The molecule has 0 saturated heterocycles. The van der Waals surface area contributed by atoms with Gasteiger partial charge in [-0.2, -0.15) is 0 Å². The Hall–Kier alpha value is -0.830. The first-order chi connectivity index (χ1) is 8.22.